The van der Waals surface area contributed by atoms with Crippen molar-refractivity contribution in [3.63, 3.8) is 0 Å². The number of hydrogen-bond acceptors (Lipinski definition) is 3. The van der Waals surface area contributed by atoms with Crippen molar-refractivity contribution in [3.05, 3.63) is 51.8 Å². The SMILES string of the molecule is O=S(=O)(NCC(Cl)c1ccccc1)c1sccc1Br. The number of thiophene rings is 1. The molecule has 1 aromatic heterocycles. The van der Waals surface area contributed by atoms with Gasteiger partial charge in [-0.25, -0.2) is 13.1 Å². The number of halogens is 2. The zero-order chi connectivity index (χ0) is 13.9. The molecule has 0 bridgehead atoms. The first-order chi connectivity index (χ1) is 9.00. The smallest absolute Gasteiger partial charge is 0.209 e. The summed E-state index contributed by atoms with van der Waals surface area (Å²) in [5.74, 6) is 0. The molecule has 7 heteroatoms. The van der Waals surface area contributed by atoms with Gasteiger partial charge in [0.25, 0.3) is 10.0 Å². The molecule has 1 N–H and O–H groups in total. The molecule has 1 aromatic carbocycles. The molecule has 0 saturated heterocycles. The Morgan fingerprint density at radius 3 is 2.53 bits per heavy atom. The minimum atomic E-state index is -3.51. The first kappa shape index (κ1) is 15.0. The maximum Gasteiger partial charge on any atom is 0.251 e. The lowest BCUT2D eigenvalue weighted by atomic mass is 10.1. The predicted molar refractivity (Wildman–Crippen MR) is 82.2 cm³/mol. The third kappa shape index (κ3) is 3.79. The van der Waals surface area contributed by atoms with Gasteiger partial charge in [-0.15, -0.1) is 22.9 Å². The van der Waals surface area contributed by atoms with Gasteiger partial charge in [0.1, 0.15) is 4.21 Å². The number of nitrogens with one attached hydrogen (secondary N) is 1. The van der Waals surface area contributed by atoms with Crippen LogP contribution in [-0.2, 0) is 10.0 Å². The van der Waals surface area contributed by atoms with Gasteiger partial charge in [0.15, 0.2) is 0 Å². The average Bonchev–Trinajstić information content (AvgIpc) is 2.84. The van der Waals surface area contributed by atoms with Crippen LogP contribution in [0.15, 0.2) is 50.5 Å². The highest BCUT2D eigenvalue weighted by molar-refractivity contribution is 9.10. The second kappa shape index (κ2) is 6.37. The lowest BCUT2D eigenvalue weighted by Crippen LogP contribution is -2.26. The highest BCUT2D eigenvalue weighted by Crippen LogP contribution is 2.28. The molecule has 0 radical (unpaired) electrons. The number of rotatable bonds is 5. The molecule has 1 atom stereocenters. The van der Waals surface area contributed by atoms with Crippen LogP contribution >= 0.6 is 38.9 Å². The third-order valence-corrected chi connectivity index (χ3v) is 6.94. The Balaban J connectivity index is 2.05. The van der Waals surface area contributed by atoms with Gasteiger partial charge >= 0.3 is 0 Å². The van der Waals surface area contributed by atoms with Crippen molar-refractivity contribution in [1.29, 1.82) is 0 Å². The fourth-order valence-corrected chi connectivity index (χ4v) is 5.24. The molecule has 1 unspecified atom stereocenters. The van der Waals surface area contributed by atoms with E-state index in [9.17, 15) is 8.42 Å². The summed E-state index contributed by atoms with van der Waals surface area (Å²) >= 11 is 10.6. The fraction of sp³-hybridized carbons (Fsp3) is 0.167. The van der Waals surface area contributed by atoms with E-state index in [1.807, 2.05) is 30.3 Å². The number of sulfonamides is 1. The molecule has 0 aliphatic heterocycles. The van der Waals surface area contributed by atoms with Crippen molar-refractivity contribution < 1.29 is 8.42 Å². The summed E-state index contributed by atoms with van der Waals surface area (Å²) in [4.78, 5) is 0. The summed E-state index contributed by atoms with van der Waals surface area (Å²) in [6.45, 7) is 0.151. The van der Waals surface area contributed by atoms with Crippen molar-refractivity contribution in [2.45, 2.75) is 9.59 Å². The van der Waals surface area contributed by atoms with Gasteiger partial charge in [0.2, 0.25) is 0 Å². The molecule has 0 aliphatic rings. The number of benzene rings is 1. The Kier molecular flexibility index (Phi) is 5.03. The second-order valence-corrected chi connectivity index (χ2v) is 8.05. The van der Waals surface area contributed by atoms with Crippen LogP contribution in [0.3, 0.4) is 0 Å². The van der Waals surface area contributed by atoms with E-state index in [0.29, 0.717) is 4.47 Å². The Labute approximate surface area is 129 Å². The summed E-state index contributed by atoms with van der Waals surface area (Å²) in [5, 5.41) is 1.32. The lowest BCUT2D eigenvalue weighted by molar-refractivity contribution is 0.582. The summed E-state index contributed by atoms with van der Waals surface area (Å²) in [7, 11) is -3.51. The van der Waals surface area contributed by atoms with Crippen LogP contribution in [0.5, 0.6) is 0 Å². The highest BCUT2D eigenvalue weighted by Gasteiger charge is 2.20. The van der Waals surface area contributed by atoms with Crippen LogP contribution in [0.1, 0.15) is 10.9 Å². The van der Waals surface area contributed by atoms with Crippen LogP contribution in [0, 0.1) is 0 Å². The van der Waals surface area contributed by atoms with E-state index >= 15 is 0 Å². The van der Waals surface area contributed by atoms with E-state index in [1.54, 1.807) is 11.4 Å². The van der Waals surface area contributed by atoms with Crippen LogP contribution in [0.4, 0.5) is 0 Å². The maximum atomic E-state index is 12.1. The van der Waals surface area contributed by atoms with Crippen molar-refractivity contribution in [2.75, 3.05) is 6.54 Å². The van der Waals surface area contributed by atoms with E-state index in [-0.39, 0.29) is 10.8 Å². The molecule has 0 spiro atoms. The standard InChI is InChI=1S/C12H11BrClNO2S2/c13-10-6-7-18-12(10)19(16,17)15-8-11(14)9-4-2-1-3-5-9/h1-7,11,15H,8H2. The fourth-order valence-electron chi connectivity index (χ4n) is 1.50. The largest absolute Gasteiger partial charge is 0.251 e. The van der Waals surface area contributed by atoms with Gasteiger partial charge in [-0.05, 0) is 32.9 Å². The van der Waals surface area contributed by atoms with Crippen molar-refractivity contribution in [2.24, 2.45) is 0 Å². The molecule has 2 aromatic rings. The molecule has 0 fully saturated rings. The summed E-state index contributed by atoms with van der Waals surface area (Å²) in [6, 6.07) is 11.1. The van der Waals surface area contributed by atoms with Gasteiger partial charge in [-0.1, -0.05) is 30.3 Å². The van der Waals surface area contributed by atoms with E-state index < -0.39 is 15.4 Å². The number of hydrogen-bond donors (Lipinski definition) is 1. The lowest BCUT2D eigenvalue weighted by Gasteiger charge is -2.11. The van der Waals surface area contributed by atoms with Gasteiger partial charge in [0, 0.05) is 11.0 Å². The molecule has 0 amide bonds. The van der Waals surface area contributed by atoms with E-state index in [2.05, 4.69) is 20.7 Å². The highest BCUT2D eigenvalue weighted by atomic mass is 79.9. The van der Waals surface area contributed by atoms with Crippen LogP contribution in [0.2, 0.25) is 0 Å². The topological polar surface area (TPSA) is 46.2 Å². The van der Waals surface area contributed by atoms with Crippen LogP contribution in [-0.4, -0.2) is 15.0 Å². The predicted octanol–water partition coefficient (Wildman–Crippen LogP) is 3.77. The molecule has 2 rings (SSSR count). The second-order valence-electron chi connectivity index (χ2n) is 3.79. The average molecular weight is 381 g/mol. The molecule has 0 saturated carbocycles. The molecule has 19 heavy (non-hydrogen) atoms. The van der Waals surface area contributed by atoms with E-state index in [4.69, 9.17) is 11.6 Å². The third-order valence-electron chi connectivity index (χ3n) is 2.44. The van der Waals surface area contributed by atoms with Crippen molar-refractivity contribution >= 4 is 48.9 Å². The van der Waals surface area contributed by atoms with Gasteiger partial charge < -0.3 is 0 Å². The Morgan fingerprint density at radius 2 is 1.95 bits per heavy atom. The first-order valence-electron chi connectivity index (χ1n) is 5.42. The monoisotopic (exact) mass is 379 g/mol. The van der Waals surface area contributed by atoms with Crippen molar-refractivity contribution in [1.82, 2.24) is 4.72 Å². The zero-order valence-electron chi connectivity index (χ0n) is 9.71. The molecule has 1 heterocycles. The normalized spacial score (nSPS) is 13.4. The van der Waals surface area contributed by atoms with Gasteiger partial charge in [0.05, 0.1) is 5.38 Å². The van der Waals surface area contributed by atoms with E-state index in [1.165, 1.54) is 0 Å². The Hall–Kier alpha value is -0.400. The van der Waals surface area contributed by atoms with Gasteiger partial charge in [-0.2, -0.15) is 0 Å². The number of alkyl halides is 1. The zero-order valence-corrected chi connectivity index (χ0v) is 13.7. The van der Waals surface area contributed by atoms with Crippen LogP contribution < -0.4 is 4.72 Å². The van der Waals surface area contributed by atoms with Crippen molar-refractivity contribution in [3.8, 4) is 0 Å². The Morgan fingerprint density at radius 1 is 1.26 bits per heavy atom. The van der Waals surface area contributed by atoms with Gasteiger partial charge in [-0.3, -0.25) is 0 Å². The van der Waals surface area contributed by atoms with E-state index in [0.717, 1.165) is 16.9 Å². The molecule has 0 aliphatic carbocycles. The Bertz CT molecular complexity index is 643. The maximum absolute atomic E-state index is 12.1. The molecule has 3 nitrogen and oxygen atoms in total. The quantitative estimate of drug-likeness (QED) is 0.803. The summed E-state index contributed by atoms with van der Waals surface area (Å²) < 4.78 is 27.5. The first-order valence-corrected chi connectivity index (χ1v) is 9.01. The summed E-state index contributed by atoms with van der Waals surface area (Å²) in [5.41, 5.74) is 0.886. The van der Waals surface area contributed by atoms with Crippen LogP contribution in [0.25, 0.3) is 0 Å². The molecular weight excluding hydrogens is 370 g/mol. The molecule has 102 valence electrons. The minimum Gasteiger partial charge on any atom is -0.209 e. The minimum absolute atomic E-state index is 0.151. The molecular formula is C12H11BrClNO2S2. The summed E-state index contributed by atoms with van der Waals surface area (Å²) in [6.07, 6.45) is 0.